The van der Waals surface area contributed by atoms with Gasteiger partial charge in [0.2, 0.25) is 0 Å². The van der Waals surface area contributed by atoms with E-state index in [2.05, 4.69) is 0 Å². The summed E-state index contributed by atoms with van der Waals surface area (Å²) in [6.45, 7) is 3.38. The van der Waals surface area contributed by atoms with Crippen molar-refractivity contribution in [2.45, 2.75) is 19.4 Å². The first kappa shape index (κ1) is 12.9. The van der Waals surface area contributed by atoms with Crippen LogP contribution in [-0.2, 0) is 4.79 Å². The second-order valence-electron chi connectivity index (χ2n) is 4.62. The number of ether oxygens (including phenoxy) is 1. The lowest BCUT2D eigenvalue weighted by molar-refractivity contribution is -0.146. The molecule has 0 aliphatic carbocycles. The Balaban J connectivity index is 1.91. The first-order valence-electron chi connectivity index (χ1n) is 6.36. The number of benzene rings is 1. The van der Waals surface area contributed by atoms with E-state index in [0.717, 1.165) is 5.75 Å². The maximum absolute atomic E-state index is 12.1. The van der Waals surface area contributed by atoms with Gasteiger partial charge >= 0.3 is 0 Å². The van der Waals surface area contributed by atoms with Crippen molar-refractivity contribution in [1.29, 1.82) is 0 Å². The molecule has 0 saturated carbocycles. The van der Waals surface area contributed by atoms with E-state index in [1.165, 1.54) is 0 Å². The largest absolute Gasteiger partial charge is 0.481 e. The molecule has 0 aromatic heterocycles. The highest BCUT2D eigenvalue weighted by Crippen LogP contribution is 2.19. The molecule has 1 atom stereocenters. The number of rotatable bonds is 5. The number of hydrogen-bond donors (Lipinski definition) is 1. The molecule has 1 aromatic carbocycles. The molecule has 1 heterocycles. The van der Waals surface area contributed by atoms with E-state index in [4.69, 9.17) is 9.84 Å². The van der Waals surface area contributed by atoms with Crippen LogP contribution < -0.4 is 4.74 Å². The highest BCUT2D eigenvalue weighted by molar-refractivity contribution is 5.82. The number of para-hydroxylation sites is 1. The summed E-state index contributed by atoms with van der Waals surface area (Å²) in [5.74, 6) is 0.978. The van der Waals surface area contributed by atoms with Crippen LogP contribution in [0.15, 0.2) is 30.3 Å². The van der Waals surface area contributed by atoms with Gasteiger partial charge in [-0.05, 0) is 18.6 Å². The number of aliphatic hydroxyl groups excluding tert-OH is 1. The molecule has 4 heteroatoms. The van der Waals surface area contributed by atoms with Gasteiger partial charge in [0.25, 0.3) is 5.91 Å². The summed E-state index contributed by atoms with van der Waals surface area (Å²) in [6, 6.07) is 9.39. The summed E-state index contributed by atoms with van der Waals surface area (Å²) in [4.78, 5) is 13.9. The van der Waals surface area contributed by atoms with Gasteiger partial charge in [0.05, 0.1) is 0 Å². The molecule has 1 aromatic rings. The Morgan fingerprint density at radius 2 is 2.11 bits per heavy atom. The fraction of sp³-hybridized carbons (Fsp3) is 0.500. The molecule has 18 heavy (non-hydrogen) atoms. The molecular formula is C14H19NO3. The summed E-state index contributed by atoms with van der Waals surface area (Å²) in [7, 11) is 0. The van der Waals surface area contributed by atoms with Crippen molar-refractivity contribution in [1.82, 2.24) is 4.90 Å². The van der Waals surface area contributed by atoms with E-state index in [0.29, 0.717) is 19.5 Å². The standard InChI is InChI=1S/C14H19NO3/c1-2-13(18-12-6-4-3-5-7-12)14(17)15-8-11(9-15)10-16/h3-7,11,13,16H,2,8-10H2,1H3. The summed E-state index contributed by atoms with van der Waals surface area (Å²) in [5, 5.41) is 8.95. The maximum Gasteiger partial charge on any atom is 0.263 e. The van der Waals surface area contributed by atoms with Crippen LogP contribution in [0.1, 0.15) is 13.3 Å². The zero-order chi connectivity index (χ0) is 13.0. The second kappa shape index (κ2) is 5.87. The topological polar surface area (TPSA) is 49.8 Å². The highest BCUT2D eigenvalue weighted by atomic mass is 16.5. The van der Waals surface area contributed by atoms with Crippen LogP contribution in [-0.4, -0.2) is 41.7 Å². The van der Waals surface area contributed by atoms with Gasteiger partial charge < -0.3 is 14.7 Å². The molecule has 0 radical (unpaired) electrons. The highest BCUT2D eigenvalue weighted by Gasteiger charge is 2.34. The van der Waals surface area contributed by atoms with Gasteiger partial charge in [-0.1, -0.05) is 25.1 Å². The predicted octanol–water partition coefficient (Wildman–Crippen LogP) is 1.29. The number of likely N-dealkylation sites (tertiary alicyclic amines) is 1. The lowest BCUT2D eigenvalue weighted by atomic mass is 10.0. The van der Waals surface area contributed by atoms with Crippen LogP contribution in [0.4, 0.5) is 0 Å². The third-order valence-corrected chi connectivity index (χ3v) is 3.19. The van der Waals surface area contributed by atoms with Crippen molar-refractivity contribution in [3.05, 3.63) is 30.3 Å². The Morgan fingerprint density at radius 3 is 2.67 bits per heavy atom. The van der Waals surface area contributed by atoms with E-state index in [1.54, 1.807) is 4.90 Å². The average Bonchev–Trinajstić information content (AvgIpc) is 2.35. The van der Waals surface area contributed by atoms with Crippen molar-refractivity contribution in [2.24, 2.45) is 5.92 Å². The molecule has 4 nitrogen and oxygen atoms in total. The van der Waals surface area contributed by atoms with Crippen molar-refractivity contribution >= 4 is 5.91 Å². The number of nitrogens with zero attached hydrogens (tertiary/aromatic N) is 1. The van der Waals surface area contributed by atoms with Gasteiger partial charge in [0.1, 0.15) is 5.75 Å². The molecule has 0 spiro atoms. The minimum atomic E-state index is -0.424. The SMILES string of the molecule is CCC(Oc1ccccc1)C(=O)N1CC(CO)C1. The van der Waals surface area contributed by atoms with Gasteiger partial charge in [-0.15, -0.1) is 0 Å². The average molecular weight is 249 g/mol. The van der Waals surface area contributed by atoms with Crippen molar-refractivity contribution in [3.63, 3.8) is 0 Å². The Morgan fingerprint density at radius 1 is 1.44 bits per heavy atom. The smallest absolute Gasteiger partial charge is 0.263 e. The number of amides is 1. The molecule has 1 N–H and O–H groups in total. The normalized spacial score (nSPS) is 17.1. The van der Waals surface area contributed by atoms with E-state index in [1.807, 2.05) is 37.3 Å². The lowest BCUT2D eigenvalue weighted by Gasteiger charge is -2.39. The summed E-state index contributed by atoms with van der Waals surface area (Å²) in [6.07, 6.45) is 0.223. The number of hydrogen-bond acceptors (Lipinski definition) is 3. The first-order chi connectivity index (χ1) is 8.74. The first-order valence-corrected chi connectivity index (χ1v) is 6.36. The molecule has 98 valence electrons. The van der Waals surface area contributed by atoms with Gasteiger partial charge in [-0.2, -0.15) is 0 Å². The predicted molar refractivity (Wildman–Crippen MR) is 68.3 cm³/mol. The van der Waals surface area contributed by atoms with Crippen molar-refractivity contribution < 1.29 is 14.6 Å². The Labute approximate surface area is 107 Å². The van der Waals surface area contributed by atoms with Gasteiger partial charge in [0.15, 0.2) is 6.10 Å². The number of aliphatic hydroxyl groups is 1. The molecule has 1 aliphatic heterocycles. The van der Waals surface area contributed by atoms with Crippen LogP contribution in [0.25, 0.3) is 0 Å². The van der Waals surface area contributed by atoms with Crippen LogP contribution >= 0.6 is 0 Å². The molecule has 1 amide bonds. The third kappa shape index (κ3) is 2.82. The van der Waals surface area contributed by atoms with Gasteiger partial charge in [-0.25, -0.2) is 0 Å². The summed E-state index contributed by atoms with van der Waals surface area (Å²) in [5.41, 5.74) is 0. The minimum Gasteiger partial charge on any atom is -0.481 e. The molecule has 1 fully saturated rings. The number of carbonyl (C=O) groups is 1. The van der Waals surface area contributed by atoms with Crippen LogP contribution in [0.2, 0.25) is 0 Å². The number of carbonyl (C=O) groups excluding carboxylic acids is 1. The Kier molecular flexibility index (Phi) is 4.20. The van der Waals surface area contributed by atoms with E-state index >= 15 is 0 Å². The van der Waals surface area contributed by atoms with E-state index < -0.39 is 6.10 Å². The molecule has 1 saturated heterocycles. The molecule has 0 bridgehead atoms. The Bertz CT molecular complexity index is 387. The van der Waals surface area contributed by atoms with Crippen molar-refractivity contribution in [2.75, 3.05) is 19.7 Å². The molecular weight excluding hydrogens is 230 g/mol. The Hall–Kier alpha value is -1.55. The van der Waals surface area contributed by atoms with Crippen LogP contribution in [0, 0.1) is 5.92 Å². The van der Waals surface area contributed by atoms with Gasteiger partial charge in [0, 0.05) is 25.6 Å². The van der Waals surface area contributed by atoms with E-state index in [9.17, 15) is 4.79 Å². The van der Waals surface area contributed by atoms with Crippen LogP contribution in [0.5, 0.6) is 5.75 Å². The zero-order valence-corrected chi connectivity index (χ0v) is 10.6. The van der Waals surface area contributed by atoms with Crippen molar-refractivity contribution in [3.8, 4) is 5.75 Å². The maximum atomic E-state index is 12.1. The second-order valence-corrected chi connectivity index (χ2v) is 4.62. The molecule has 2 rings (SSSR count). The van der Waals surface area contributed by atoms with Crippen LogP contribution in [0.3, 0.4) is 0 Å². The quantitative estimate of drug-likeness (QED) is 0.855. The zero-order valence-electron chi connectivity index (χ0n) is 10.6. The molecule has 1 aliphatic rings. The fourth-order valence-electron chi connectivity index (χ4n) is 2.04. The summed E-state index contributed by atoms with van der Waals surface area (Å²) >= 11 is 0. The monoisotopic (exact) mass is 249 g/mol. The summed E-state index contributed by atoms with van der Waals surface area (Å²) < 4.78 is 5.70. The van der Waals surface area contributed by atoms with Gasteiger partial charge in [-0.3, -0.25) is 4.79 Å². The minimum absolute atomic E-state index is 0.0195. The lowest BCUT2D eigenvalue weighted by Crippen LogP contribution is -2.55. The van der Waals surface area contributed by atoms with E-state index in [-0.39, 0.29) is 18.4 Å². The molecule has 1 unspecified atom stereocenters. The third-order valence-electron chi connectivity index (χ3n) is 3.19. The fourth-order valence-corrected chi connectivity index (χ4v) is 2.04.